The summed E-state index contributed by atoms with van der Waals surface area (Å²) in [5.74, 6) is 5.99. The van der Waals surface area contributed by atoms with Crippen LogP contribution in [0.2, 0.25) is 0 Å². The van der Waals surface area contributed by atoms with Gasteiger partial charge < -0.3 is 15.6 Å². The van der Waals surface area contributed by atoms with Gasteiger partial charge in [-0.05, 0) is 37.1 Å². The van der Waals surface area contributed by atoms with E-state index in [1.807, 2.05) is 24.3 Å². The van der Waals surface area contributed by atoms with Crippen molar-refractivity contribution in [3.63, 3.8) is 0 Å². The Morgan fingerprint density at radius 3 is 2.50 bits per heavy atom. The lowest BCUT2D eigenvalue weighted by Crippen LogP contribution is -1.95. The summed E-state index contributed by atoms with van der Waals surface area (Å²) < 4.78 is 5.40. The molecule has 3 heteroatoms. The van der Waals surface area contributed by atoms with Crippen molar-refractivity contribution in [2.75, 3.05) is 25.6 Å². The highest BCUT2D eigenvalue weighted by atomic mass is 16.5. The quantitative estimate of drug-likeness (QED) is 0.441. The van der Waals surface area contributed by atoms with Crippen molar-refractivity contribution in [3.8, 4) is 11.8 Å². The van der Waals surface area contributed by atoms with Crippen molar-refractivity contribution >= 4 is 5.69 Å². The van der Waals surface area contributed by atoms with Gasteiger partial charge in [-0.25, -0.2) is 0 Å². The molecule has 0 aliphatic carbocycles. The number of nitrogens with two attached hydrogens (primary N) is 1. The predicted molar refractivity (Wildman–Crippen MR) is 74.1 cm³/mol. The van der Waals surface area contributed by atoms with Crippen LogP contribution in [0.5, 0.6) is 0 Å². The second kappa shape index (κ2) is 9.52. The zero-order chi connectivity index (χ0) is 13.1. The summed E-state index contributed by atoms with van der Waals surface area (Å²) >= 11 is 0. The summed E-state index contributed by atoms with van der Waals surface area (Å²) in [5, 5.41) is 8.61. The highest BCUT2D eigenvalue weighted by Crippen LogP contribution is 2.03. The molecule has 1 aromatic rings. The molecule has 0 fully saturated rings. The van der Waals surface area contributed by atoms with Crippen molar-refractivity contribution in [2.24, 2.45) is 0 Å². The van der Waals surface area contributed by atoms with Gasteiger partial charge in [0.15, 0.2) is 0 Å². The van der Waals surface area contributed by atoms with Crippen LogP contribution in [0.15, 0.2) is 24.3 Å². The smallest absolute Gasteiger partial charge is 0.108 e. The van der Waals surface area contributed by atoms with E-state index in [1.165, 1.54) is 0 Å². The average Bonchev–Trinajstić information content (AvgIpc) is 2.39. The fourth-order valence-corrected chi connectivity index (χ4v) is 1.50. The second-order valence-corrected chi connectivity index (χ2v) is 4.11. The minimum Gasteiger partial charge on any atom is -0.399 e. The summed E-state index contributed by atoms with van der Waals surface area (Å²) in [6, 6.07) is 7.48. The Labute approximate surface area is 109 Å². The number of hydrogen-bond acceptors (Lipinski definition) is 3. The summed E-state index contributed by atoms with van der Waals surface area (Å²) in [6.45, 7) is 1.49. The van der Waals surface area contributed by atoms with Crippen LogP contribution in [0, 0.1) is 11.8 Å². The molecule has 0 aliphatic heterocycles. The summed E-state index contributed by atoms with van der Waals surface area (Å²) in [6.07, 6.45) is 4.09. The second-order valence-electron chi connectivity index (χ2n) is 4.11. The lowest BCUT2D eigenvalue weighted by Gasteiger charge is -1.99. The van der Waals surface area contributed by atoms with Crippen LogP contribution in [0.25, 0.3) is 0 Å². The van der Waals surface area contributed by atoms with Gasteiger partial charge in [0.05, 0.1) is 0 Å². The third-order valence-corrected chi connectivity index (χ3v) is 2.51. The normalized spacial score (nSPS) is 9.83. The van der Waals surface area contributed by atoms with E-state index < -0.39 is 0 Å². The fourth-order valence-electron chi connectivity index (χ4n) is 1.50. The topological polar surface area (TPSA) is 55.5 Å². The molecular formula is C15H21NO2. The van der Waals surface area contributed by atoms with Gasteiger partial charge in [-0.1, -0.05) is 24.7 Å². The lowest BCUT2D eigenvalue weighted by atomic mass is 10.2. The van der Waals surface area contributed by atoms with Crippen LogP contribution in [0.3, 0.4) is 0 Å². The minimum absolute atomic E-state index is 0.286. The highest BCUT2D eigenvalue weighted by molar-refractivity contribution is 5.44. The van der Waals surface area contributed by atoms with Gasteiger partial charge in [-0.3, -0.25) is 0 Å². The molecule has 18 heavy (non-hydrogen) atoms. The molecular weight excluding hydrogens is 226 g/mol. The molecule has 0 aromatic heterocycles. The van der Waals surface area contributed by atoms with Crippen molar-refractivity contribution in [1.29, 1.82) is 0 Å². The van der Waals surface area contributed by atoms with Gasteiger partial charge in [0.1, 0.15) is 6.61 Å². The molecule has 0 atom stereocenters. The molecule has 3 N–H and O–H groups in total. The number of rotatable bonds is 7. The van der Waals surface area contributed by atoms with Crippen molar-refractivity contribution in [1.82, 2.24) is 0 Å². The number of nitrogen functional groups attached to an aromatic ring is 1. The third kappa shape index (κ3) is 6.95. The molecule has 0 saturated heterocycles. The zero-order valence-electron chi connectivity index (χ0n) is 10.7. The Bertz CT molecular complexity index is 376. The largest absolute Gasteiger partial charge is 0.399 e. The molecule has 98 valence electrons. The molecule has 0 saturated carbocycles. The molecule has 0 radical (unpaired) electrons. The molecule has 3 nitrogen and oxygen atoms in total. The SMILES string of the molecule is Nc1ccc(C#CCOCCCCCCO)cc1. The van der Waals surface area contributed by atoms with E-state index in [0.717, 1.165) is 43.5 Å². The van der Waals surface area contributed by atoms with Crippen LogP contribution < -0.4 is 5.73 Å². The fraction of sp³-hybridized carbons (Fsp3) is 0.467. The van der Waals surface area contributed by atoms with Gasteiger partial charge in [0.2, 0.25) is 0 Å². The van der Waals surface area contributed by atoms with Gasteiger partial charge >= 0.3 is 0 Å². The maximum absolute atomic E-state index is 8.61. The first kappa shape index (κ1) is 14.6. The van der Waals surface area contributed by atoms with Gasteiger partial charge in [0.25, 0.3) is 0 Å². The Hall–Kier alpha value is -1.50. The Morgan fingerprint density at radius 2 is 1.78 bits per heavy atom. The van der Waals surface area contributed by atoms with Gasteiger partial charge in [0, 0.05) is 24.5 Å². The minimum atomic E-state index is 0.286. The Morgan fingerprint density at radius 1 is 1.06 bits per heavy atom. The van der Waals surface area contributed by atoms with E-state index in [9.17, 15) is 0 Å². The molecule has 0 amide bonds. The number of benzene rings is 1. The number of aliphatic hydroxyl groups excluding tert-OH is 1. The molecule has 1 rings (SSSR count). The number of anilines is 1. The molecule has 1 aromatic carbocycles. The van der Waals surface area contributed by atoms with E-state index in [4.69, 9.17) is 15.6 Å². The van der Waals surface area contributed by atoms with E-state index in [1.54, 1.807) is 0 Å². The maximum atomic E-state index is 8.61. The first-order chi connectivity index (χ1) is 8.83. The molecule has 0 unspecified atom stereocenters. The number of hydrogen-bond donors (Lipinski definition) is 2. The van der Waals surface area contributed by atoms with Crippen LogP contribution in [0.4, 0.5) is 5.69 Å². The standard InChI is InChI=1S/C15H21NO2/c16-15-9-7-14(8-10-15)6-5-13-18-12-4-2-1-3-11-17/h7-10,17H,1-4,11-13,16H2. The third-order valence-electron chi connectivity index (χ3n) is 2.51. The van der Waals surface area contributed by atoms with Gasteiger partial charge in [-0.15, -0.1) is 0 Å². The lowest BCUT2D eigenvalue weighted by molar-refractivity contribution is 0.161. The average molecular weight is 247 g/mol. The Kier molecular flexibility index (Phi) is 7.70. The van der Waals surface area contributed by atoms with Crippen molar-refractivity contribution in [3.05, 3.63) is 29.8 Å². The van der Waals surface area contributed by atoms with Crippen LogP contribution in [0.1, 0.15) is 31.2 Å². The predicted octanol–water partition coefficient (Wildman–Crippen LogP) is 2.19. The first-order valence-electron chi connectivity index (χ1n) is 6.36. The molecule has 0 heterocycles. The number of aliphatic hydroxyl groups is 1. The molecule has 0 spiro atoms. The van der Waals surface area contributed by atoms with E-state index >= 15 is 0 Å². The van der Waals surface area contributed by atoms with Crippen molar-refractivity contribution in [2.45, 2.75) is 25.7 Å². The Balaban J connectivity index is 2.06. The maximum Gasteiger partial charge on any atom is 0.108 e. The van der Waals surface area contributed by atoms with E-state index in [0.29, 0.717) is 6.61 Å². The summed E-state index contributed by atoms with van der Waals surface area (Å²) in [7, 11) is 0. The first-order valence-corrected chi connectivity index (χ1v) is 6.36. The summed E-state index contributed by atoms with van der Waals surface area (Å²) in [4.78, 5) is 0. The summed E-state index contributed by atoms with van der Waals surface area (Å²) in [5.41, 5.74) is 7.29. The van der Waals surface area contributed by atoms with Crippen LogP contribution in [-0.4, -0.2) is 24.9 Å². The monoisotopic (exact) mass is 247 g/mol. The van der Waals surface area contributed by atoms with Crippen LogP contribution in [-0.2, 0) is 4.74 Å². The van der Waals surface area contributed by atoms with E-state index in [2.05, 4.69) is 11.8 Å². The van der Waals surface area contributed by atoms with Crippen molar-refractivity contribution < 1.29 is 9.84 Å². The number of ether oxygens (including phenoxy) is 1. The van der Waals surface area contributed by atoms with E-state index in [-0.39, 0.29) is 6.61 Å². The molecule has 0 bridgehead atoms. The van der Waals surface area contributed by atoms with Crippen LogP contribution >= 0.6 is 0 Å². The highest BCUT2D eigenvalue weighted by Gasteiger charge is 1.89. The molecule has 0 aliphatic rings. The number of unbranched alkanes of at least 4 members (excludes halogenated alkanes) is 3. The van der Waals surface area contributed by atoms with Gasteiger partial charge in [-0.2, -0.15) is 0 Å². The zero-order valence-corrected chi connectivity index (χ0v) is 10.7.